The molecule has 0 saturated heterocycles. The Balaban J connectivity index is 1.31. The first-order valence-corrected chi connectivity index (χ1v) is 13.3. The number of imidazole rings is 1. The summed E-state index contributed by atoms with van der Waals surface area (Å²) in [7, 11) is 1.26. The number of aromatic nitrogens is 4. The topological polar surface area (TPSA) is 125 Å². The lowest BCUT2D eigenvalue weighted by atomic mass is 10.0. The molecule has 5 aromatic rings. The van der Waals surface area contributed by atoms with Crippen LogP contribution in [0.15, 0.2) is 85.3 Å². The Morgan fingerprint density at radius 2 is 1.68 bits per heavy atom. The average molecular weight is 550 g/mol. The number of anilines is 2. The van der Waals surface area contributed by atoms with Crippen molar-refractivity contribution in [3.63, 3.8) is 0 Å². The number of fused-ring (bicyclic) bond motifs is 1. The zero-order chi connectivity index (χ0) is 28.6. The van der Waals surface area contributed by atoms with E-state index >= 15 is 0 Å². The monoisotopic (exact) mass is 549 g/mol. The van der Waals surface area contributed by atoms with E-state index < -0.39 is 6.09 Å². The van der Waals surface area contributed by atoms with Gasteiger partial charge in [0.05, 0.1) is 31.1 Å². The van der Waals surface area contributed by atoms with E-state index in [1.807, 2.05) is 55.5 Å². The van der Waals surface area contributed by atoms with Gasteiger partial charge in [-0.1, -0.05) is 55.5 Å². The third kappa shape index (κ3) is 6.67. The van der Waals surface area contributed by atoms with Gasteiger partial charge < -0.3 is 25.3 Å². The second-order valence-corrected chi connectivity index (χ2v) is 9.43. The number of nitrogens with one attached hydrogen (secondary N) is 3. The minimum Gasteiger partial charge on any atom is -0.453 e. The Labute approximate surface area is 237 Å². The van der Waals surface area contributed by atoms with Crippen molar-refractivity contribution < 1.29 is 14.3 Å². The molecular formula is C31H31N7O3. The average Bonchev–Trinajstić information content (AvgIpc) is 3.48. The van der Waals surface area contributed by atoms with Crippen LogP contribution in [0.2, 0.25) is 0 Å². The maximum atomic E-state index is 12.6. The minimum atomic E-state index is -0.639. The third-order valence-electron chi connectivity index (χ3n) is 6.59. The van der Waals surface area contributed by atoms with Crippen LogP contribution in [0.3, 0.4) is 0 Å². The third-order valence-corrected chi connectivity index (χ3v) is 6.59. The number of hydrogen-bond donors (Lipinski definition) is 3. The predicted molar refractivity (Wildman–Crippen MR) is 158 cm³/mol. The van der Waals surface area contributed by atoms with Crippen molar-refractivity contribution in [3.8, 4) is 22.4 Å². The summed E-state index contributed by atoms with van der Waals surface area (Å²) in [4.78, 5) is 42.3. The molecule has 0 saturated carbocycles. The molecule has 2 heterocycles. The van der Waals surface area contributed by atoms with Gasteiger partial charge in [0.15, 0.2) is 0 Å². The highest BCUT2D eigenvalue weighted by atomic mass is 16.5. The number of ether oxygens (including phenoxy) is 1. The summed E-state index contributed by atoms with van der Waals surface area (Å²) in [6.07, 6.45) is 3.47. The summed E-state index contributed by atoms with van der Waals surface area (Å²) in [6.45, 7) is 2.72. The lowest BCUT2D eigenvalue weighted by Gasteiger charge is -2.21. The van der Waals surface area contributed by atoms with Crippen LogP contribution in [-0.2, 0) is 16.1 Å². The molecule has 3 aromatic carbocycles. The van der Waals surface area contributed by atoms with Gasteiger partial charge in [-0.3, -0.25) is 4.79 Å². The lowest BCUT2D eigenvalue weighted by Crippen LogP contribution is -2.40. The number of hydrogen-bond acceptors (Lipinski definition) is 7. The maximum absolute atomic E-state index is 12.6. The molecule has 0 fully saturated rings. The molecule has 10 nitrogen and oxygen atoms in total. The van der Waals surface area contributed by atoms with Gasteiger partial charge in [-0.25, -0.2) is 19.7 Å². The van der Waals surface area contributed by atoms with Gasteiger partial charge in [-0.2, -0.15) is 0 Å². The highest BCUT2D eigenvalue weighted by molar-refractivity contribution is 5.94. The minimum absolute atomic E-state index is 0.133. The standard InChI is InChI=1S/C31H31N7O3/c1-3-15-38(29(39)18-33-31(40)41-2)19-28-32-17-27(37-28)22-11-9-21(10-12-22)23-13-14-26-25(16-23)30(35-20-34-26)36-24-7-5-4-6-8-24/h4-14,16-17,20H,3,15,18-19H2,1-2H3,(H,32,37)(H,33,40)(H,34,35,36). The SMILES string of the molecule is CCCN(Cc1ncc(-c2ccc(-c3ccc4ncnc(Nc5ccccc5)c4c3)cc2)[nH]1)C(=O)CNC(=O)OC. The molecule has 2 aromatic heterocycles. The molecule has 0 unspecified atom stereocenters. The van der Waals surface area contributed by atoms with E-state index in [2.05, 4.69) is 59.6 Å². The molecule has 0 aliphatic rings. The first-order valence-electron chi connectivity index (χ1n) is 13.3. The number of methoxy groups -OCH3 is 1. The number of carbonyl (C=O) groups excluding carboxylic acids is 2. The van der Waals surface area contributed by atoms with E-state index in [-0.39, 0.29) is 12.5 Å². The number of para-hydroxylation sites is 1. The smallest absolute Gasteiger partial charge is 0.407 e. The second-order valence-electron chi connectivity index (χ2n) is 9.43. The van der Waals surface area contributed by atoms with Crippen LogP contribution in [0.25, 0.3) is 33.3 Å². The number of amides is 2. The second kappa shape index (κ2) is 12.7. The Bertz CT molecular complexity index is 1640. The molecule has 208 valence electrons. The first-order chi connectivity index (χ1) is 20.0. The largest absolute Gasteiger partial charge is 0.453 e. The van der Waals surface area contributed by atoms with Crippen LogP contribution < -0.4 is 10.6 Å². The van der Waals surface area contributed by atoms with Crippen molar-refractivity contribution >= 4 is 34.4 Å². The number of aromatic amines is 1. The Morgan fingerprint density at radius 3 is 2.44 bits per heavy atom. The first kappa shape index (κ1) is 27.3. The molecule has 0 aliphatic heterocycles. The van der Waals surface area contributed by atoms with Crippen LogP contribution in [0.1, 0.15) is 19.2 Å². The predicted octanol–water partition coefficient (Wildman–Crippen LogP) is 5.53. The van der Waals surface area contributed by atoms with Gasteiger partial charge in [0.2, 0.25) is 5.91 Å². The van der Waals surface area contributed by atoms with Gasteiger partial charge in [0.1, 0.15) is 24.5 Å². The van der Waals surface area contributed by atoms with Gasteiger partial charge in [-0.15, -0.1) is 0 Å². The molecule has 0 bridgehead atoms. The molecule has 0 atom stereocenters. The van der Waals surface area contributed by atoms with Gasteiger partial charge in [0, 0.05) is 17.6 Å². The fourth-order valence-electron chi connectivity index (χ4n) is 4.50. The van der Waals surface area contributed by atoms with Crippen molar-refractivity contribution in [1.29, 1.82) is 0 Å². The van der Waals surface area contributed by atoms with E-state index in [1.54, 1.807) is 17.4 Å². The number of rotatable bonds is 10. The summed E-state index contributed by atoms with van der Waals surface area (Å²) in [5.41, 5.74) is 5.76. The van der Waals surface area contributed by atoms with Crippen LogP contribution in [0.5, 0.6) is 0 Å². The molecule has 41 heavy (non-hydrogen) atoms. The Morgan fingerprint density at radius 1 is 0.927 bits per heavy atom. The highest BCUT2D eigenvalue weighted by Crippen LogP contribution is 2.30. The molecule has 3 N–H and O–H groups in total. The zero-order valence-electron chi connectivity index (χ0n) is 22.9. The molecule has 0 radical (unpaired) electrons. The molecule has 5 rings (SSSR count). The summed E-state index contributed by atoms with van der Waals surface area (Å²) < 4.78 is 4.55. The zero-order valence-corrected chi connectivity index (χ0v) is 22.9. The van der Waals surface area contributed by atoms with E-state index in [4.69, 9.17) is 0 Å². The van der Waals surface area contributed by atoms with Crippen molar-refractivity contribution in [2.75, 3.05) is 25.5 Å². The number of H-pyrrole nitrogens is 1. The van der Waals surface area contributed by atoms with Crippen LogP contribution in [0.4, 0.5) is 16.3 Å². The van der Waals surface area contributed by atoms with Crippen molar-refractivity contribution in [2.45, 2.75) is 19.9 Å². The lowest BCUT2D eigenvalue weighted by molar-refractivity contribution is -0.130. The molecule has 10 heteroatoms. The molecule has 0 spiro atoms. The number of alkyl carbamates (subject to hydrolysis) is 1. The summed E-state index contributed by atoms with van der Waals surface area (Å²) >= 11 is 0. The summed E-state index contributed by atoms with van der Waals surface area (Å²) in [5.74, 6) is 1.21. The quantitative estimate of drug-likeness (QED) is 0.209. The highest BCUT2D eigenvalue weighted by Gasteiger charge is 2.16. The van der Waals surface area contributed by atoms with E-state index in [9.17, 15) is 9.59 Å². The normalized spacial score (nSPS) is 10.8. The number of carbonyl (C=O) groups is 2. The van der Waals surface area contributed by atoms with E-state index in [0.29, 0.717) is 18.9 Å². The van der Waals surface area contributed by atoms with Crippen LogP contribution in [-0.4, -0.2) is 57.0 Å². The Kier molecular flexibility index (Phi) is 8.49. The van der Waals surface area contributed by atoms with Crippen LogP contribution >= 0.6 is 0 Å². The van der Waals surface area contributed by atoms with E-state index in [1.165, 1.54) is 7.11 Å². The van der Waals surface area contributed by atoms with Gasteiger partial charge in [0.25, 0.3) is 0 Å². The van der Waals surface area contributed by atoms with Crippen molar-refractivity contribution in [1.82, 2.24) is 30.2 Å². The van der Waals surface area contributed by atoms with Gasteiger partial charge >= 0.3 is 6.09 Å². The summed E-state index contributed by atoms with van der Waals surface area (Å²) in [6, 6.07) is 24.3. The summed E-state index contributed by atoms with van der Waals surface area (Å²) in [5, 5.41) is 6.76. The van der Waals surface area contributed by atoms with Gasteiger partial charge in [-0.05, 0) is 47.4 Å². The fraction of sp³-hybridized carbons (Fsp3) is 0.194. The maximum Gasteiger partial charge on any atom is 0.407 e. The van der Waals surface area contributed by atoms with Crippen molar-refractivity contribution in [3.05, 3.63) is 91.1 Å². The number of benzene rings is 3. The van der Waals surface area contributed by atoms with Crippen LogP contribution in [0, 0.1) is 0 Å². The molecular weight excluding hydrogens is 518 g/mol. The fourth-order valence-corrected chi connectivity index (χ4v) is 4.50. The molecule has 2 amide bonds. The molecule has 0 aliphatic carbocycles. The van der Waals surface area contributed by atoms with E-state index in [0.717, 1.165) is 51.2 Å². The van der Waals surface area contributed by atoms with Crippen molar-refractivity contribution in [2.24, 2.45) is 0 Å². The number of nitrogens with zero attached hydrogens (tertiary/aromatic N) is 4. The Hall–Kier alpha value is -5.25.